The molecule has 0 unspecified atom stereocenters. The van der Waals surface area contributed by atoms with Crippen LogP contribution in [0, 0.1) is 5.41 Å². The molecule has 2 heteroatoms. The summed E-state index contributed by atoms with van der Waals surface area (Å²) in [6.45, 7) is 4.81. The van der Waals surface area contributed by atoms with Gasteiger partial charge in [-0.1, -0.05) is 58.3 Å². The van der Waals surface area contributed by atoms with Crippen LogP contribution in [-0.2, 0) is 0 Å². The summed E-state index contributed by atoms with van der Waals surface area (Å²) in [6.07, 6.45) is 14.8. The lowest BCUT2D eigenvalue weighted by atomic mass is 9.69. The predicted molar refractivity (Wildman–Crippen MR) is 78.8 cm³/mol. The Balaban J connectivity index is 1.78. The fourth-order valence-electron chi connectivity index (χ4n) is 2.81. The van der Waals surface area contributed by atoms with Crippen LogP contribution in [0.15, 0.2) is 0 Å². The van der Waals surface area contributed by atoms with Crippen LogP contribution in [0.5, 0.6) is 0 Å². The van der Waals surface area contributed by atoms with Gasteiger partial charge in [0, 0.05) is 18.6 Å². The van der Waals surface area contributed by atoms with Crippen molar-refractivity contribution in [1.82, 2.24) is 5.32 Å². The first kappa shape index (κ1) is 16.0. The molecule has 1 aliphatic rings. The van der Waals surface area contributed by atoms with Crippen LogP contribution in [0.3, 0.4) is 0 Å². The molecule has 1 fully saturated rings. The van der Waals surface area contributed by atoms with Crippen molar-refractivity contribution < 1.29 is 5.11 Å². The summed E-state index contributed by atoms with van der Waals surface area (Å²) in [5.41, 5.74) is 0.250. The van der Waals surface area contributed by atoms with Gasteiger partial charge < -0.3 is 10.4 Å². The van der Waals surface area contributed by atoms with Crippen LogP contribution >= 0.6 is 0 Å². The van der Waals surface area contributed by atoms with Crippen LogP contribution in [-0.4, -0.2) is 24.8 Å². The maximum Gasteiger partial charge on any atom is 0.0499 e. The molecule has 0 aliphatic heterocycles. The van der Waals surface area contributed by atoms with Gasteiger partial charge in [-0.2, -0.15) is 0 Å². The number of hydrogen-bond donors (Lipinski definition) is 2. The number of nitrogens with one attached hydrogen (secondary N) is 1. The van der Waals surface area contributed by atoms with Gasteiger partial charge in [0.15, 0.2) is 0 Å². The Bertz CT molecular complexity index is 184. The zero-order valence-corrected chi connectivity index (χ0v) is 12.3. The highest BCUT2D eigenvalue weighted by molar-refractivity contribution is 4.88. The molecule has 0 spiro atoms. The number of unbranched alkanes of at least 4 members (excludes halogenated alkanes) is 7. The van der Waals surface area contributed by atoms with E-state index in [0.717, 1.165) is 13.1 Å². The summed E-state index contributed by atoms with van der Waals surface area (Å²) in [7, 11) is 0. The lowest BCUT2D eigenvalue weighted by molar-refractivity contribution is 0.0449. The van der Waals surface area contributed by atoms with E-state index in [0.29, 0.717) is 6.61 Å². The second-order valence-corrected chi connectivity index (χ2v) is 6.16. The fraction of sp³-hybridized carbons (Fsp3) is 1.00. The maximum absolute atomic E-state index is 9.34. The maximum atomic E-state index is 9.34. The lowest BCUT2D eigenvalue weighted by Gasteiger charge is -2.40. The van der Waals surface area contributed by atoms with Gasteiger partial charge >= 0.3 is 0 Å². The molecule has 1 saturated carbocycles. The van der Waals surface area contributed by atoms with Gasteiger partial charge in [0.1, 0.15) is 0 Å². The highest BCUT2D eigenvalue weighted by atomic mass is 16.3. The molecule has 0 amide bonds. The molecular formula is C16H33NO. The smallest absolute Gasteiger partial charge is 0.0499 e. The Morgan fingerprint density at radius 3 is 2.06 bits per heavy atom. The number of rotatable bonds is 12. The summed E-state index contributed by atoms with van der Waals surface area (Å²) in [6, 6.07) is 0. The zero-order chi connectivity index (χ0) is 13.1. The Hall–Kier alpha value is -0.0800. The van der Waals surface area contributed by atoms with Crippen LogP contribution in [0.2, 0.25) is 0 Å². The van der Waals surface area contributed by atoms with Crippen molar-refractivity contribution in [2.45, 2.75) is 77.6 Å². The van der Waals surface area contributed by atoms with Gasteiger partial charge in [0.25, 0.3) is 0 Å². The molecule has 1 rings (SSSR count). The van der Waals surface area contributed by atoms with E-state index in [2.05, 4.69) is 12.2 Å². The van der Waals surface area contributed by atoms with Crippen molar-refractivity contribution in [2.75, 3.05) is 19.7 Å². The average molecular weight is 255 g/mol. The van der Waals surface area contributed by atoms with Crippen LogP contribution < -0.4 is 5.32 Å². The zero-order valence-electron chi connectivity index (χ0n) is 12.3. The van der Waals surface area contributed by atoms with Crippen molar-refractivity contribution in [3.8, 4) is 0 Å². The molecule has 108 valence electrons. The third-order valence-electron chi connectivity index (χ3n) is 4.46. The molecule has 0 atom stereocenters. The van der Waals surface area contributed by atoms with Crippen molar-refractivity contribution in [2.24, 2.45) is 5.41 Å². The third-order valence-corrected chi connectivity index (χ3v) is 4.46. The molecule has 0 saturated heterocycles. The van der Waals surface area contributed by atoms with E-state index < -0.39 is 0 Å². The fourth-order valence-corrected chi connectivity index (χ4v) is 2.81. The summed E-state index contributed by atoms with van der Waals surface area (Å²) in [5, 5.41) is 12.9. The first-order valence-corrected chi connectivity index (χ1v) is 8.14. The van der Waals surface area contributed by atoms with E-state index in [9.17, 15) is 5.11 Å². The normalized spacial score (nSPS) is 17.7. The number of hydrogen-bond acceptors (Lipinski definition) is 2. The summed E-state index contributed by atoms with van der Waals surface area (Å²) in [4.78, 5) is 0. The molecular weight excluding hydrogens is 222 g/mol. The average Bonchev–Trinajstić information content (AvgIpc) is 2.34. The minimum Gasteiger partial charge on any atom is -0.396 e. The predicted octanol–water partition coefficient (Wildman–Crippen LogP) is 3.88. The van der Waals surface area contributed by atoms with Crippen molar-refractivity contribution in [3.05, 3.63) is 0 Å². The first-order valence-electron chi connectivity index (χ1n) is 8.14. The van der Waals surface area contributed by atoms with E-state index in [1.807, 2.05) is 0 Å². The molecule has 2 nitrogen and oxygen atoms in total. The molecule has 0 aromatic carbocycles. The van der Waals surface area contributed by atoms with Gasteiger partial charge in [0.2, 0.25) is 0 Å². The molecule has 2 N–H and O–H groups in total. The van der Waals surface area contributed by atoms with E-state index in [4.69, 9.17) is 0 Å². The SMILES string of the molecule is CCCCCCCCCCNCC1(CO)CCC1. The Kier molecular flexibility index (Phi) is 8.70. The second-order valence-electron chi connectivity index (χ2n) is 6.16. The summed E-state index contributed by atoms with van der Waals surface area (Å²) < 4.78 is 0. The highest BCUT2D eigenvalue weighted by Gasteiger charge is 2.35. The molecule has 18 heavy (non-hydrogen) atoms. The minimum atomic E-state index is 0.250. The van der Waals surface area contributed by atoms with Crippen LogP contribution in [0.4, 0.5) is 0 Å². The Morgan fingerprint density at radius 1 is 0.944 bits per heavy atom. The van der Waals surface area contributed by atoms with Gasteiger partial charge in [-0.15, -0.1) is 0 Å². The van der Waals surface area contributed by atoms with Crippen molar-refractivity contribution >= 4 is 0 Å². The van der Waals surface area contributed by atoms with Crippen molar-refractivity contribution in [1.29, 1.82) is 0 Å². The van der Waals surface area contributed by atoms with Gasteiger partial charge in [-0.3, -0.25) is 0 Å². The number of aliphatic hydroxyl groups excluding tert-OH is 1. The standard InChI is InChI=1S/C16H33NO/c1-2-3-4-5-6-7-8-9-13-17-14-16(15-18)11-10-12-16/h17-18H,2-15H2,1H3. The van der Waals surface area contributed by atoms with Crippen LogP contribution in [0.1, 0.15) is 77.6 Å². The van der Waals surface area contributed by atoms with Crippen LogP contribution in [0.25, 0.3) is 0 Å². The first-order chi connectivity index (χ1) is 8.83. The monoisotopic (exact) mass is 255 g/mol. The molecule has 0 aromatic rings. The number of aliphatic hydroxyl groups is 1. The Morgan fingerprint density at radius 2 is 1.56 bits per heavy atom. The highest BCUT2D eigenvalue weighted by Crippen LogP contribution is 2.39. The quantitative estimate of drug-likeness (QED) is 0.519. The summed E-state index contributed by atoms with van der Waals surface area (Å²) >= 11 is 0. The largest absolute Gasteiger partial charge is 0.396 e. The van der Waals surface area contributed by atoms with Gasteiger partial charge in [-0.25, -0.2) is 0 Å². The van der Waals surface area contributed by atoms with E-state index in [1.165, 1.54) is 70.6 Å². The Labute approximate surface area is 114 Å². The molecule has 1 aliphatic carbocycles. The van der Waals surface area contributed by atoms with E-state index in [1.54, 1.807) is 0 Å². The molecule has 0 aromatic heterocycles. The van der Waals surface area contributed by atoms with Crippen molar-refractivity contribution in [3.63, 3.8) is 0 Å². The topological polar surface area (TPSA) is 32.3 Å². The van der Waals surface area contributed by atoms with Gasteiger partial charge in [0.05, 0.1) is 0 Å². The lowest BCUT2D eigenvalue weighted by Crippen LogP contribution is -2.43. The van der Waals surface area contributed by atoms with E-state index in [-0.39, 0.29) is 5.41 Å². The second kappa shape index (κ2) is 9.80. The van der Waals surface area contributed by atoms with Gasteiger partial charge in [-0.05, 0) is 25.8 Å². The molecule has 0 heterocycles. The summed E-state index contributed by atoms with van der Waals surface area (Å²) in [5.74, 6) is 0. The molecule has 0 bridgehead atoms. The van der Waals surface area contributed by atoms with E-state index >= 15 is 0 Å². The third kappa shape index (κ3) is 6.19. The molecule has 0 radical (unpaired) electrons. The minimum absolute atomic E-state index is 0.250.